The number of hydrogen-bond acceptors (Lipinski definition) is 4. The molecule has 2 aromatic rings. The predicted molar refractivity (Wildman–Crippen MR) is 99.7 cm³/mol. The van der Waals surface area contributed by atoms with Crippen LogP contribution in [0.15, 0.2) is 24.5 Å². The number of fused-ring (bicyclic) bond motifs is 1. The average Bonchev–Trinajstić information content (AvgIpc) is 3.25. The van der Waals surface area contributed by atoms with Crippen molar-refractivity contribution in [3.8, 4) is 0 Å². The molecular formula is C20H25FN4O. The number of carbonyl (C=O) groups excluding carboxylic acids is 1. The molecule has 2 N–H and O–H groups in total. The number of benzene rings is 1. The molecule has 0 saturated heterocycles. The van der Waals surface area contributed by atoms with E-state index in [1.807, 2.05) is 25.1 Å². The number of halogens is 1. The summed E-state index contributed by atoms with van der Waals surface area (Å²) in [6.07, 6.45) is 3.93. The first-order chi connectivity index (χ1) is 12.4. The lowest BCUT2D eigenvalue weighted by molar-refractivity contribution is -0.123. The lowest BCUT2D eigenvalue weighted by Crippen LogP contribution is -2.55. The molecule has 2 saturated carbocycles. The molecule has 2 atom stereocenters. The molecule has 2 aliphatic rings. The Morgan fingerprint density at radius 1 is 1.35 bits per heavy atom. The highest BCUT2D eigenvalue weighted by Gasteiger charge is 2.46. The monoisotopic (exact) mass is 356 g/mol. The molecule has 26 heavy (non-hydrogen) atoms. The molecule has 1 amide bonds. The van der Waals surface area contributed by atoms with Crippen molar-refractivity contribution < 1.29 is 9.18 Å². The SMILES string of the molecule is Cc1ccc2c(NCC3(F)CC(NC(=O)CC4CC4C)C3)ncnc2c1. The molecule has 2 unspecified atom stereocenters. The van der Waals surface area contributed by atoms with E-state index in [1.165, 1.54) is 6.33 Å². The lowest BCUT2D eigenvalue weighted by atomic mass is 9.77. The van der Waals surface area contributed by atoms with Gasteiger partial charge in [0.05, 0.1) is 12.1 Å². The number of nitrogens with zero attached hydrogens (tertiary/aromatic N) is 2. The van der Waals surface area contributed by atoms with Gasteiger partial charge in [0.2, 0.25) is 5.91 Å². The van der Waals surface area contributed by atoms with Gasteiger partial charge in [0.1, 0.15) is 17.8 Å². The molecule has 4 rings (SSSR count). The first-order valence-corrected chi connectivity index (χ1v) is 9.35. The van der Waals surface area contributed by atoms with Gasteiger partial charge in [-0.2, -0.15) is 0 Å². The van der Waals surface area contributed by atoms with Crippen LogP contribution in [-0.2, 0) is 4.79 Å². The van der Waals surface area contributed by atoms with Crippen molar-refractivity contribution in [3.63, 3.8) is 0 Å². The zero-order valence-electron chi connectivity index (χ0n) is 15.3. The number of anilines is 1. The summed E-state index contributed by atoms with van der Waals surface area (Å²) in [4.78, 5) is 20.5. The van der Waals surface area contributed by atoms with Crippen LogP contribution >= 0.6 is 0 Å². The molecule has 0 bridgehead atoms. The largest absolute Gasteiger partial charge is 0.366 e. The summed E-state index contributed by atoms with van der Waals surface area (Å²) in [5.74, 6) is 1.92. The van der Waals surface area contributed by atoms with Crippen molar-refractivity contribution >= 4 is 22.6 Å². The third-order valence-electron chi connectivity index (χ3n) is 5.68. The average molecular weight is 356 g/mol. The summed E-state index contributed by atoms with van der Waals surface area (Å²) in [7, 11) is 0. The van der Waals surface area contributed by atoms with E-state index < -0.39 is 5.67 Å². The van der Waals surface area contributed by atoms with E-state index in [0.29, 0.717) is 36.9 Å². The first kappa shape index (κ1) is 17.2. The van der Waals surface area contributed by atoms with Gasteiger partial charge < -0.3 is 10.6 Å². The molecule has 0 spiro atoms. The Hall–Kier alpha value is -2.24. The Labute approximate surface area is 152 Å². The number of alkyl halides is 1. The van der Waals surface area contributed by atoms with Crippen LogP contribution < -0.4 is 10.6 Å². The molecular weight excluding hydrogens is 331 g/mol. The van der Waals surface area contributed by atoms with Gasteiger partial charge in [0.15, 0.2) is 0 Å². The van der Waals surface area contributed by atoms with Crippen LogP contribution in [0.5, 0.6) is 0 Å². The van der Waals surface area contributed by atoms with Crippen molar-refractivity contribution in [3.05, 3.63) is 30.1 Å². The van der Waals surface area contributed by atoms with E-state index in [-0.39, 0.29) is 18.5 Å². The van der Waals surface area contributed by atoms with Gasteiger partial charge in [-0.15, -0.1) is 0 Å². The van der Waals surface area contributed by atoms with Gasteiger partial charge in [0, 0.05) is 30.7 Å². The van der Waals surface area contributed by atoms with Crippen LogP contribution in [0, 0.1) is 18.8 Å². The van der Waals surface area contributed by atoms with Gasteiger partial charge in [-0.25, -0.2) is 14.4 Å². The smallest absolute Gasteiger partial charge is 0.220 e. The standard InChI is InChI=1S/C20H25FN4O/c1-12-3-4-16-17(5-12)23-11-24-19(16)22-10-20(21)8-15(9-20)25-18(26)7-14-6-13(14)2/h3-5,11,13-15H,6-10H2,1-2H3,(H,25,26)(H,22,23,24). The van der Waals surface area contributed by atoms with Gasteiger partial charge in [0.25, 0.3) is 0 Å². The minimum Gasteiger partial charge on any atom is -0.366 e. The quantitative estimate of drug-likeness (QED) is 0.833. The van der Waals surface area contributed by atoms with Crippen LogP contribution in [0.4, 0.5) is 10.2 Å². The second-order valence-electron chi connectivity index (χ2n) is 8.10. The van der Waals surface area contributed by atoms with Crippen molar-refractivity contribution in [1.82, 2.24) is 15.3 Å². The Kier molecular flexibility index (Phi) is 4.29. The Morgan fingerprint density at radius 3 is 2.85 bits per heavy atom. The summed E-state index contributed by atoms with van der Waals surface area (Å²) < 4.78 is 14.8. The predicted octanol–water partition coefficient (Wildman–Crippen LogP) is 3.38. The third kappa shape index (κ3) is 3.64. The summed E-state index contributed by atoms with van der Waals surface area (Å²) in [6, 6.07) is 5.90. The summed E-state index contributed by atoms with van der Waals surface area (Å²) >= 11 is 0. The minimum atomic E-state index is -1.30. The van der Waals surface area contributed by atoms with E-state index in [2.05, 4.69) is 27.5 Å². The number of carbonyl (C=O) groups is 1. The van der Waals surface area contributed by atoms with E-state index in [4.69, 9.17) is 0 Å². The Bertz CT molecular complexity index is 834. The fourth-order valence-electron chi connectivity index (χ4n) is 3.83. The second kappa shape index (κ2) is 6.49. The normalized spacial score (nSPS) is 29.9. The van der Waals surface area contributed by atoms with Gasteiger partial charge in [-0.3, -0.25) is 4.79 Å². The van der Waals surface area contributed by atoms with Crippen LogP contribution in [-0.4, -0.2) is 34.1 Å². The number of amides is 1. The van der Waals surface area contributed by atoms with Crippen LogP contribution in [0.3, 0.4) is 0 Å². The highest BCUT2D eigenvalue weighted by molar-refractivity contribution is 5.89. The van der Waals surface area contributed by atoms with Crippen LogP contribution in [0.2, 0.25) is 0 Å². The summed E-state index contributed by atoms with van der Waals surface area (Å²) in [6.45, 7) is 4.37. The molecule has 1 aromatic carbocycles. The summed E-state index contributed by atoms with van der Waals surface area (Å²) in [5.41, 5.74) is 0.679. The Balaban J connectivity index is 1.30. The van der Waals surface area contributed by atoms with Gasteiger partial charge in [-0.05, 0) is 42.9 Å². The zero-order valence-corrected chi connectivity index (χ0v) is 15.3. The number of hydrogen-bond donors (Lipinski definition) is 2. The fraction of sp³-hybridized carbons (Fsp3) is 0.550. The van der Waals surface area contributed by atoms with Crippen molar-refractivity contribution in [2.24, 2.45) is 11.8 Å². The maximum absolute atomic E-state index is 14.8. The third-order valence-corrected chi connectivity index (χ3v) is 5.68. The molecule has 138 valence electrons. The molecule has 2 fully saturated rings. The van der Waals surface area contributed by atoms with Gasteiger partial charge in [-0.1, -0.05) is 13.0 Å². The number of aryl methyl sites for hydroxylation is 1. The van der Waals surface area contributed by atoms with E-state index in [0.717, 1.165) is 22.9 Å². The zero-order chi connectivity index (χ0) is 18.3. The summed E-state index contributed by atoms with van der Waals surface area (Å²) in [5, 5.41) is 6.99. The molecule has 1 aromatic heterocycles. The molecule has 6 heteroatoms. The molecule has 5 nitrogen and oxygen atoms in total. The van der Waals surface area contributed by atoms with Crippen LogP contribution in [0.25, 0.3) is 10.9 Å². The lowest BCUT2D eigenvalue weighted by Gasteiger charge is -2.41. The molecule has 0 aliphatic heterocycles. The van der Waals surface area contributed by atoms with E-state index >= 15 is 0 Å². The van der Waals surface area contributed by atoms with Crippen LogP contribution in [0.1, 0.15) is 38.2 Å². The van der Waals surface area contributed by atoms with E-state index in [1.54, 1.807) is 0 Å². The Morgan fingerprint density at radius 2 is 2.12 bits per heavy atom. The maximum atomic E-state index is 14.8. The highest BCUT2D eigenvalue weighted by atomic mass is 19.1. The second-order valence-corrected chi connectivity index (χ2v) is 8.10. The topological polar surface area (TPSA) is 66.9 Å². The van der Waals surface area contributed by atoms with Crippen molar-refractivity contribution in [2.45, 2.75) is 51.2 Å². The number of rotatable bonds is 6. The molecule has 1 heterocycles. The highest BCUT2D eigenvalue weighted by Crippen LogP contribution is 2.41. The number of nitrogens with one attached hydrogen (secondary N) is 2. The molecule has 0 radical (unpaired) electrons. The first-order valence-electron chi connectivity index (χ1n) is 9.35. The maximum Gasteiger partial charge on any atom is 0.220 e. The van der Waals surface area contributed by atoms with Crippen molar-refractivity contribution in [1.29, 1.82) is 0 Å². The van der Waals surface area contributed by atoms with Crippen molar-refractivity contribution in [2.75, 3.05) is 11.9 Å². The minimum absolute atomic E-state index is 0.0480. The number of aromatic nitrogens is 2. The van der Waals surface area contributed by atoms with E-state index in [9.17, 15) is 9.18 Å². The van der Waals surface area contributed by atoms with Gasteiger partial charge >= 0.3 is 0 Å². The fourth-order valence-corrected chi connectivity index (χ4v) is 3.83. The molecule has 2 aliphatic carbocycles.